The third-order valence-corrected chi connectivity index (χ3v) is 7.19. The summed E-state index contributed by atoms with van der Waals surface area (Å²) in [5.74, 6) is -0.217. The highest BCUT2D eigenvalue weighted by atomic mass is 32.1. The van der Waals surface area contributed by atoms with Crippen molar-refractivity contribution >= 4 is 28.3 Å². The Bertz CT molecular complexity index is 1370. The number of amides is 2. The van der Waals surface area contributed by atoms with Crippen molar-refractivity contribution < 1.29 is 9.59 Å². The lowest BCUT2D eigenvalue weighted by atomic mass is 10.0. The molecular weight excluding hydrogens is 470 g/mol. The molecule has 5 rings (SSSR count). The number of thiazole rings is 1. The molecule has 0 aliphatic heterocycles. The average Bonchev–Trinajstić information content (AvgIpc) is 3.60. The van der Waals surface area contributed by atoms with Crippen molar-refractivity contribution in [1.82, 2.24) is 20.1 Å². The first-order chi connectivity index (χ1) is 17.5. The Balaban J connectivity index is 1.26. The van der Waals surface area contributed by atoms with Crippen LogP contribution in [0.3, 0.4) is 0 Å². The first kappa shape index (κ1) is 23.9. The second kappa shape index (κ2) is 10.5. The quantitative estimate of drug-likeness (QED) is 0.349. The van der Waals surface area contributed by atoms with E-state index in [1.807, 2.05) is 59.5 Å². The summed E-state index contributed by atoms with van der Waals surface area (Å²) >= 11 is 1.41. The fourth-order valence-electron chi connectivity index (χ4n) is 4.67. The predicted molar refractivity (Wildman–Crippen MR) is 143 cm³/mol. The summed E-state index contributed by atoms with van der Waals surface area (Å²) in [6.45, 7) is 3.56. The highest BCUT2D eigenvalue weighted by molar-refractivity contribution is 7.14. The summed E-state index contributed by atoms with van der Waals surface area (Å²) in [6.07, 6.45) is 4.59. The first-order valence-electron chi connectivity index (χ1n) is 12.3. The van der Waals surface area contributed by atoms with Crippen LogP contribution in [0.4, 0.5) is 5.13 Å². The molecule has 0 saturated heterocycles. The molecule has 0 bridgehead atoms. The van der Waals surface area contributed by atoms with Crippen molar-refractivity contribution in [2.45, 2.75) is 52.0 Å². The lowest BCUT2D eigenvalue weighted by molar-refractivity contribution is -0.119. The molecule has 7 nitrogen and oxygen atoms in total. The number of hydrogen-bond donors (Lipinski definition) is 2. The van der Waals surface area contributed by atoms with Gasteiger partial charge in [0.1, 0.15) is 0 Å². The van der Waals surface area contributed by atoms with Crippen molar-refractivity contribution in [2.24, 2.45) is 0 Å². The zero-order valence-corrected chi connectivity index (χ0v) is 21.3. The van der Waals surface area contributed by atoms with Gasteiger partial charge in [0.2, 0.25) is 5.91 Å². The third-order valence-electron chi connectivity index (χ3n) is 6.44. The number of rotatable bonds is 8. The maximum Gasteiger partial charge on any atom is 0.278 e. The molecule has 2 heterocycles. The van der Waals surface area contributed by atoms with Crippen molar-refractivity contribution in [3.8, 4) is 16.9 Å². The van der Waals surface area contributed by atoms with Crippen molar-refractivity contribution in [3.63, 3.8) is 0 Å². The molecular formula is C28H29N5O2S. The lowest BCUT2D eigenvalue weighted by Gasteiger charge is -2.12. The van der Waals surface area contributed by atoms with E-state index in [1.54, 1.807) is 6.92 Å². The molecule has 2 N–H and O–H groups in total. The molecule has 0 fully saturated rings. The Morgan fingerprint density at radius 1 is 1.08 bits per heavy atom. The van der Waals surface area contributed by atoms with Crippen LogP contribution in [0, 0.1) is 0 Å². The second-order valence-corrected chi connectivity index (χ2v) is 10.1. The van der Waals surface area contributed by atoms with Gasteiger partial charge >= 0.3 is 0 Å². The Labute approximate surface area is 214 Å². The van der Waals surface area contributed by atoms with Crippen LogP contribution in [-0.2, 0) is 24.1 Å². The van der Waals surface area contributed by atoms with Gasteiger partial charge in [0.15, 0.2) is 10.8 Å². The van der Waals surface area contributed by atoms with Crippen LogP contribution in [0.15, 0.2) is 60.0 Å². The summed E-state index contributed by atoms with van der Waals surface area (Å²) in [6, 6.07) is 18.4. The van der Waals surface area contributed by atoms with Crippen LogP contribution in [0.1, 0.15) is 54.0 Å². The number of carbonyl (C=O) groups excluding carboxylic acids is 2. The zero-order valence-electron chi connectivity index (χ0n) is 20.5. The molecule has 8 heteroatoms. The monoisotopic (exact) mass is 499 g/mol. The highest BCUT2D eigenvalue weighted by Crippen LogP contribution is 2.30. The van der Waals surface area contributed by atoms with Crippen LogP contribution < -0.4 is 10.6 Å². The van der Waals surface area contributed by atoms with E-state index in [0.29, 0.717) is 10.8 Å². The van der Waals surface area contributed by atoms with E-state index in [2.05, 4.69) is 32.8 Å². The zero-order chi connectivity index (χ0) is 25.1. The Hall–Kier alpha value is -3.78. The minimum atomic E-state index is -0.215. The number of carbonyl (C=O) groups is 2. The molecule has 2 aromatic carbocycles. The number of anilines is 1. The number of hydrogen-bond acceptors (Lipinski definition) is 5. The van der Waals surface area contributed by atoms with E-state index in [-0.39, 0.29) is 17.9 Å². The first-order valence-corrected chi connectivity index (χ1v) is 13.2. The minimum Gasteiger partial charge on any atom is -0.354 e. The van der Waals surface area contributed by atoms with Crippen LogP contribution in [-0.4, -0.2) is 32.6 Å². The molecule has 184 valence electrons. The Kier molecular flexibility index (Phi) is 6.95. The van der Waals surface area contributed by atoms with Crippen molar-refractivity contribution in [1.29, 1.82) is 0 Å². The highest BCUT2D eigenvalue weighted by Gasteiger charge is 2.27. The van der Waals surface area contributed by atoms with Gasteiger partial charge in [0, 0.05) is 35.2 Å². The van der Waals surface area contributed by atoms with Crippen molar-refractivity contribution in [3.05, 3.63) is 82.5 Å². The number of aromatic nitrogens is 3. The standard InChI is InChI=1S/C28H29N5O2S/c1-18(29-19(2)34)11-12-20-13-15-21(16-14-20)24-17-36-28(30-24)31-27(35)26-23-9-6-10-25(23)33(32-26)22-7-4-3-5-8-22/h3-5,7-8,13-18H,6,9-12H2,1-2H3,(H,29,34)(H,30,31,35). The number of fused-ring (bicyclic) bond motifs is 1. The number of nitrogens with one attached hydrogen (secondary N) is 2. The van der Waals surface area contributed by atoms with Crippen molar-refractivity contribution in [2.75, 3.05) is 5.32 Å². The maximum absolute atomic E-state index is 13.2. The molecule has 1 unspecified atom stereocenters. The molecule has 0 radical (unpaired) electrons. The van der Waals surface area contributed by atoms with Gasteiger partial charge in [-0.05, 0) is 56.7 Å². The summed E-state index contributed by atoms with van der Waals surface area (Å²) in [7, 11) is 0. The summed E-state index contributed by atoms with van der Waals surface area (Å²) < 4.78 is 1.91. The fraction of sp³-hybridized carbons (Fsp3) is 0.286. The number of benzene rings is 2. The number of para-hydroxylation sites is 1. The second-order valence-electron chi connectivity index (χ2n) is 9.20. The van der Waals surface area contributed by atoms with Gasteiger partial charge in [0.25, 0.3) is 5.91 Å². The molecule has 1 atom stereocenters. The number of nitrogens with zero attached hydrogens (tertiary/aromatic N) is 3. The molecule has 36 heavy (non-hydrogen) atoms. The van der Waals surface area contributed by atoms with E-state index in [9.17, 15) is 9.59 Å². The largest absolute Gasteiger partial charge is 0.354 e. The van der Waals surface area contributed by atoms with Crippen LogP contribution in [0.2, 0.25) is 0 Å². The van der Waals surface area contributed by atoms with Gasteiger partial charge in [-0.25, -0.2) is 9.67 Å². The SMILES string of the molecule is CC(=O)NC(C)CCc1ccc(-c2csc(NC(=O)c3nn(-c4ccccc4)c4c3CCC4)n2)cc1. The fourth-order valence-corrected chi connectivity index (χ4v) is 5.38. The minimum absolute atomic E-state index is 0.00166. The summed E-state index contributed by atoms with van der Waals surface area (Å²) in [5.41, 5.74) is 6.66. The van der Waals surface area contributed by atoms with Gasteiger partial charge in [-0.3, -0.25) is 14.9 Å². The topological polar surface area (TPSA) is 88.9 Å². The Morgan fingerprint density at radius 3 is 2.61 bits per heavy atom. The van der Waals surface area contributed by atoms with E-state index in [0.717, 1.165) is 60.3 Å². The van der Waals surface area contributed by atoms with Crippen LogP contribution >= 0.6 is 11.3 Å². The third kappa shape index (κ3) is 5.23. The van der Waals surface area contributed by atoms with Gasteiger partial charge in [-0.2, -0.15) is 5.10 Å². The average molecular weight is 500 g/mol. The molecule has 2 aromatic heterocycles. The normalized spacial score (nSPS) is 13.3. The van der Waals surface area contributed by atoms with Gasteiger partial charge in [0.05, 0.1) is 11.4 Å². The molecule has 2 amide bonds. The number of aryl methyl sites for hydroxylation is 1. The molecule has 1 aliphatic carbocycles. The molecule has 0 spiro atoms. The summed E-state index contributed by atoms with van der Waals surface area (Å²) in [5, 5.41) is 13.1. The molecule has 0 saturated carbocycles. The molecule has 1 aliphatic rings. The van der Waals surface area contributed by atoms with Gasteiger partial charge < -0.3 is 5.32 Å². The molecule has 4 aromatic rings. The van der Waals surface area contributed by atoms with Gasteiger partial charge in [-0.1, -0.05) is 42.5 Å². The van der Waals surface area contributed by atoms with E-state index in [1.165, 1.54) is 16.9 Å². The van der Waals surface area contributed by atoms with Crippen LogP contribution in [0.25, 0.3) is 16.9 Å². The summed E-state index contributed by atoms with van der Waals surface area (Å²) in [4.78, 5) is 29.0. The van der Waals surface area contributed by atoms with E-state index < -0.39 is 0 Å². The van der Waals surface area contributed by atoms with E-state index >= 15 is 0 Å². The van der Waals surface area contributed by atoms with Gasteiger partial charge in [-0.15, -0.1) is 11.3 Å². The van der Waals surface area contributed by atoms with Crippen LogP contribution in [0.5, 0.6) is 0 Å². The lowest BCUT2D eigenvalue weighted by Crippen LogP contribution is -2.30. The predicted octanol–water partition coefficient (Wildman–Crippen LogP) is 5.19. The maximum atomic E-state index is 13.2. The smallest absolute Gasteiger partial charge is 0.278 e. The van der Waals surface area contributed by atoms with E-state index in [4.69, 9.17) is 0 Å². The Morgan fingerprint density at radius 2 is 1.86 bits per heavy atom.